The predicted molar refractivity (Wildman–Crippen MR) is 161 cm³/mol. The Kier molecular flexibility index (Phi) is 6.07. The van der Waals surface area contributed by atoms with Crippen molar-refractivity contribution in [2.45, 2.75) is 19.8 Å². The van der Waals surface area contributed by atoms with Crippen LogP contribution in [0.5, 0.6) is 0 Å². The van der Waals surface area contributed by atoms with E-state index < -0.39 is 19.7 Å². The van der Waals surface area contributed by atoms with Crippen LogP contribution in [0.25, 0.3) is 43.1 Å². The van der Waals surface area contributed by atoms with Crippen molar-refractivity contribution >= 4 is 62.8 Å². The number of pyridine rings is 2. The Morgan fingerprint density at radius 2 is 0.909 bits per heavy atom. The molecule has 0 unspecified atom stereocenters. The Balaban J connectivity index is 1.53. The van der Waals surface area contributed by atoms with Gasteiger partial charge in [0.25, 0.3) is 0 Å². The molecule has 2 aromatic heterocycles. The molecule has 0 fully saturated rings. The summed E-state index contributed by atoms with van der Waals surface area (Å²) in [5, 5.41) is 24.2. The van der Waals surface area contributed by atoms with E-state index in [-0.39, 0.29) is 30.6 Å². The fourth-order valence-corrected chi connectivity index (χ4v) is 8.00. The molecule has 2 heterocycles. The van der Waals surface area contributed by atoms with Crippen molar-refractivity contribution in [3.63, 3.8) is 0 Å². The molecule has 44 heavy (non-hydrogen) atoms. The van der Waals surface area contributed by atoms with Gasteiger partial charge in [0, 0.05) is 33.9 Å². The maximum absolute atomic E-state index is 13.3. The maximum atomic E-state index is 13.3. The molecular weight excluding hydrogens is 597 g/mol. The van der Waals surface area contributed by atoms with Gasteiger partial charge in [-0.2, -0.15) is 20.5 Å². The fourth-order valence-electron chi connectivity index (χ4n) is 5.56. The van der Waals surface area contributed by atoms with Gasteiger partial charge in [0.1, 0.15) is 0 Å². The molecule has 0 atom stereocenters. The first-order valence-electron chi connectivity index (χ1n) is 13.0. The molecule has 7 aromatic rings. The summed E-state index contributed by atoms with van der Waals surface area (Å²) in [5.74, 6) is 0. The minimum atomic E-state index is -3.95. The highest BCUT2D eigenvalue weighted by Gasteiger charge is 2.23. The number of nitriles is 2. The van der Waals surface area contributed by atoms with Crippen LogP contribution in [0.4, 0.5) is 0 Å². The molecule has 10 nitrogen and oxygen atoms in total. The van der Waals surface area contributed by atoms with Gasteiger partial charge in [-0.05, 0) is 82.2 Å². The summed E-state index contributed by atoms with van der Waals surface area (Å²) in [4.78, 5) is 16.1. The highest BCUT2D eigenvalue weighted by Crippen LogP contribution is 2.35. The van der Waals surface area contributed by atoms with Gasteiger partial charge in [0.05, 0.1) is 20.5 Å². The van der Waals surface area contributed by atoms with E-state index in [4.69, 9.17) is 0 Å². The minimum Gasteiger partial charge on any atom is -0.244 e. The first-order chi connectivity index (χ1) is 21.3. The van der Waals surface area contributed by atoms with E-state index in [0.29, 0.717) is 43.1 Å². The summed E-state index contributed by atoms with van der Waals surface area (Å²) in [6.07, 6.45) is 6.42. The summed E-state index contributed by atoms with van der Waals surface area (Å²) >= 11 is 0. The van der Waals surface area contributed by atoms with Crippen molar-refractivity contribution in [1.82, 2.24) is 9.97 Å². The third-order valence-electron chi connectivity index (χ3n) is 7.51. The van der Waals surface area contributed by atoms with E-state index in [1.54, 1.807) is 42.5 Å². The number of sulfone groups is 2. The molecule has 0 amide bonds. The van der Waals surface area contributed by atoms with Gasteiger partial charge < -0.3 is 0 Å². The van der Waals surface area contributed by atoms with E-state index in [0.717, 1.165) is 0 Å². The molecule has 5 aromatic carbocycles. The molecule has 12 heteroatoms. The van der Waals surface area contributed by atoms with Crippen molar-refractivity contribution in [1.29, 1.82) is 10.5 Å². The number of nitrogens with zero attached hydrogens (tertiary/aromatic N) is 6. The lowest BCUT2D eigenvalue weighted by molar-refractivity contribution is 0.591. The Morgan fingerprint density at radius 1 is 0.500 bits per heavy atom. The van der Waals surface area contributed by atoms with E-state index in [1.165, 1.54) is 48.8 Å². The molecule has 210 valence electrons. The molecule has 0 radical (unpaired) electrons. The first-order valence-corrected chi connectivity index (χ1v) is 16.0. The van der Waals surface area contributed by atoms with Gasteiger partial charge in [-0.1, -0.05) is 24.3 Å². The Labute approximate surface area is 249 Å². The molecule has 0 aliphatic rings. The van der Waals surface area contributed by atoms with Crippen LogP contribution < -0.4 is 10.7 Å². The molecule has 0 saturated heterocycles. The van der Waals surface area contributed by atoms with Crippen molar-refractivity contribution < 1.29 is 16.8 Å². The van der Waals surface area contributed by atoms with Crippen LogP contribution in [-0.2, 0) is 19.7 Å². The average molecular weight is 613 g/mol. The molecule has 7 rings (SSSR count). The monoisotopic (exact) mass is 612 g/mol. The van der Waals surface area contributed by atoms with Crippen LogP contribution in [0.3, 0.4) is 0 Å². The summed E-state index contributed by atoms with van der Waals surface area (Å²) in [7, 11) is -7.89. The molecule has 0 saturated carbocycles. The maximum Gasteiger partial charge on any atom is 0.223 e. The second kappa shape index (κ2) is 9.88. The van der Waals surface area contributed by atoms with Gasteiger partial charge in [-0.15, -0.1) is 0 Å². The SMILES string of the molecule is N#C/N=c1\c2cc(S(=O)(=O)c3ccccn3)ccc2c2cc3c(cc12)/c(=N\C#N)c1cc(S(=O)(=O)c2ccccn2)ccc13. The molecule has 0 aliphatic carbocycles. The quantitative estimate of drug-likeness (QED) is 0.264. The van der Waals surface area contributed by atoms with Crippen LogP contribution in [-0.4, -0.2) is 26.8 Å². The van der Waals surface area contributed by atoms with Gasteiger partial charge in [-0.25, -0.2) is 26.8 Å². The van der Waals surface area contributed by atoms with Crippen LogP contribution in [0, 0.1) is 22.9 Å². The molecule has 0 spiro atoms. The van der Waals surface area contributed by atoms with Crippen molar-refractivity contribution in [3.05, 3.63) is 108 Å². The highest BCUT2D eigenvalue weighted by atomic mass is 32.2. The fraction of sp³-hybridized carbons (Fsp3) is 0. The van der Waals surface area contributed by atoms with E-state index in [9.17, 15) is 27.4 Å². The van der Waals surface area contributed by atoms with Gasteiger partial charge in [-0.3, -0.25) is 0 Å². The van der Waals surface area contributed by atoms with Crippen molar-refractivity contribution in [3.8, 4) is 12.4 Å². The third-order valence-corrected chi connectivity index (χ3v) is 10.8. The standard InChI is InChI=1S/C32H16N6O4S2/c33-17-37-31-25-13-19(43(39,40)29-5-1-3-11-35-29)7-9-21(25)23-15-24-22-10-8-20(44(41,42)30-6-2-4-12-36-30)14-26(22)32(38-18-34)28(24)16-27(23)31/h1-16H/b37-31-,38-32+. The van der Waals surface area contributed by atoms with Crippen molar-refractivity contribution in [2.24, 2.45) is 9.98 Å². The Morgan fingerprint density at radius 3 is 1.30 bits per heavy atom. The highest BCUT2D eigenvalue weighted by molar-refractivity contribution is 7.91. The van der Waals surface area contributed by atoms with E-state index in [1.807, 2.05) is 18.5 Å². The lowest BCUT2D eigenvalue weighted by atomic mass is 10.1. The lowest BCUT2D eigenvalue weighted by Gasteiger charge is -2.04. The summed E-state index contributed by atoms with van der Waals surface area (Å²) in [6, 6.07) is 22.1. The molecule has 0 N–H and O–H groups in total. The number of benzene rings is 3. The smallest absolute Gasteiger partial charge is 0.223 e. The average Bonchev–Trinajstić information content (AvgIpc) is 3.52. The normalized spacial score (nSPS) is 13.1. The zero-order valence-corrected chi connectivity index (χ0v) is 24.0. The zero-order chi connectivity index (χ0) is 30.6. The third kappa shape index (κ3) is 3.97. The number of hydrogen-bond acceptors (Lipinski definition) is 10. The molecule has 0 bridgehead atoms. The second-order valence-corrected chi connectivity index (χ2v) is 13.6. The summed E-state index contributed by atoms with van der Waals surface area (Å²) < 4.78 is 53.3. The van der Waals surface area contributed by atoms with E-state index in [2.05, 4.69) is 20.0 Å². The molecular formula is C32H16N6O4S2. The van der Waals surface area contributed by atoms with Gasteiger partial charge >= 0.3 is 0 Å². The van der Waals surface area contributed by atoms with Crippen LogP contribution in [0.1, 0.15) is 0 Å². The van der Waals surface area contributed by atoms with Crippen LogP contribution in [0.2, 0.25) is 0 Å². The summed E-state index contributed by atoms with van der Waals surface area (Å²) in [6.45, 7) is 0. The van der Waals surface area contributed by atoms with Crippen LogP contribution in [0.15, 0.2) is 127 Å². The second-order valence-electron chi connectivity index (χ2n) is 9.82. The Bertz CT molecular complexity index is 2570. The summed E-state index contributed by atoms with van der Waals surface area (Å²) in [5.41, 5.74) is 0. The Hall–Kier alpha value is -5.82. The largest absolute Gasteiger partial charge is 0.244 e. The zero-order valence-electron chi connectivity index (χ0n) is 22.4. The number of rotatable bonds is 4. The van der Waals surface area contributed by atoms with Crippen molar-refractivity contribution in [2.75, 3.05) is 0 Å². The number of hydrogen-bond donors (Lipinski definition) is 0. The predicted octanol–water partition coefficient (Wildman–Crippen LogP) is 4.39. The number of aromatic nitrogens is 2. The van der Waals surface area contributed by atoms with Gasteiger partial charge in [0.15, 0.2) is 10.1 Å². The lowest BCUT2D eigenvalue weighted by Crippen LogP contribution is -2.05. The van der Waals surface area contributed by atoms with Crippen LogP contribution >= 0.6 is 0 Å². The van der Waals surface area contributed by atoms with Gasteiger partial charge in [0.2, 0.25) is 32.1 Å². The van der Waals surface area contributed by atoms with E-state index >= 15 is 0 Å². The number of fused-ring (bicyclic) bond motifs is 6. The molecule has 0 aliphatic heterocycles. The first kappa shape index (κ1) is 27.0. The minimum absolute atomic E-state index is 0.000315. The topological polar surface area (TPSA) is 166 Å².